The second-order valence-electron chi connectivity index (χ2n) is 8.62. The third-order valence-corrected chi connectivity index (χ3v) is 5.53. The first-order chi connectivity index (χ1) is 16.7. The number of nitrogens with one attached hydrogen (secondary N) is 2. The number of hydrogen-bond donors (Lipinski definition) is 4. The molecule has 2 rings (SSSR count). The highest BCUT2D eigenvalue weighted by atomic mass is 19.1. The van der Waals surface area contributed by atoms with E-state index >= 15 is 0 Å². The third kappa shape index (κ3) is 10.3. The summed E-state index contributed by atoms with van der Waals surface area (Å²) in [5, 5.41) is 15.8. The van der Waals surface area contributed by atoms with Gasteiger partial charge in [0.15, 0.2) is 5.78 Å². The fourth-order valence-electron chi connectivity index (χ4n) is 3.72. The van der Waals surface area contributed by atoms with Crippen molar-refractivity contribution >= 4 is 17.6 Å². The molecule has 2 aromatic carbocycles. The number of halogens is 2. The molecule has 3 unspecified atom stereocenters. The van der Waals surface area contributed by atoms with Crippen LogP contribution in [-0.4, -0.2) is 47.4 Å². The summed E-state index contributed by atoms with van der Waals surface area (Å²) in [6, 6.07) is 11.1. The van der Waals surface area contributed by atoms with Crippen molar-refractivity contribution in [2.75, 3.05) is 6.54 Å². The van der Waals surface area contributed by atoms with Gasteiger partial charge in [0.1, 0.15) is 17.7 Å². The Labute approximate surface area is 204 Å². The van der Waals surface area contributed by atoms with E-state index in [1.54, 1.807) is 0 Å². The van der Waals surface area contributed by atoms with Gasteiger partial charge in [-0.2, -0.15) is 0 Å². The molecule has 0 bridgehead atoms. The summed E-state index contributed by atoms with van der Waals surface area (Å²) in [7, 11) is 0. The van der Waals surface area contributed by atoms with Gasteiger partial charge in [-0.15, -0.1) is 0 Å². The second kappa shape index (κ2) is 14.3. The molecule has 3 atom stereocenters. The maximum atomic E-state index is 13.7. The lowest BCUT2D eigenvalue weighted by molar-refractivity contribution is -0.130. The summed E-state index contributed by atoms with van der Waals surface area (Å²) in [5.74, 6) is -2.12. The molecule has 0 heterocycles. The number of aliphatic hydroxyl groups is 1. The molecule has 0 aliphatic carbocycles. The molecule has 0 aromatic heterocycles. The number of benzene rings is 2. The highest BCUT2D eigenvalue weighted by Crippen LogP contribution is 2.12. The minimum absolute atomic E-state index is 0.0671. The minimum Gasteiger partial charge on any atom is -0.383 e. The number of carbonyl (C=O) groups is 3. The van der Waals surface area contributed by atoms with E-state index in [-0.39, 0.29) is 43.2 Å². The Bertz CT molecular complexity index is 988. The molecule has 2 aromatic rings. The van der Waals surface area contributed by atoms with Gasteiger partial charge >= 0.3 is 0 Å². The molecule has 0 radical (unpaired) electrons. The average molecular weight is 490 g/mol. The Morgan fingerprint density at radius 2 is 1.69 bits per heavy atom. The van der Waals surface area contributed by atoms with Gasteiger partial charge in [-0.05, 0) is 55.0 Å². The number of aliphatic hydroxyl groups excluding tert-OH is 1. The van der Waals surface area contributed by atoms with Crippen LogP contribution in [-0.2, 0) is 27.2 Å². The minimum atomic E-state index is -1.35. The standard InChI is InChI=1S/C26H33F2N3O4/c1-17(32)31-23(13-18-7-3-2-4-8-18)26(35)24(33)9-5-6-10-25(34)30-16-21(29)15-19-14-20(27)11-12-22(19)28/h2-4,7-8,11-12,14,21,23,26,35H,5-6,9-10,13,15-16,29H2,1H3,(H,30,34)(H,31,32). The Morgan fingerprint density at radius 1 is 1.00 bits per heavy atom. The Kier molecular flexibility index (Phi) is 11.5. The fourth-order valence-corrected chi connectivity index (χ4v) is 3.72. The largest absolute Gasteiger partial charge is 0.383 e. The van der Waals surface area contributed by atoms with Crippen molar-refractivity contribution in [3.8, 4) is 0 Å². The number of carbonyl (C=O) groups excluding carboxylic acids is 3. The molecular weight excluding hydrogens is 456 g/mol. The number of hydrogen-bond acceptors (Lipinski definition) is 5. The van der Waals surface area contributed by atoms with E-state index in [0.29, 0.717) is 19.3 Å². The van der Waals surface area contributed by atoms with Crippen molar-refractivity contribution in [3.05, 3.63) is 71.3 Å². The summed E-state index contributed by atoms with van der Waals surface area (Å²) in [4.78, 5) is 36.0. The van der Waals surface area contributed by atoms with Gasteiger partial charge in [-0.3, -0.25) is 14.4 Å². The van der Waals surface area contributed by atoms with Crippen LogP contribution >= 0.6 is 0 Å². The lowest BCUT2D eigenvalue weighted by atomic mass is 9.96. The highest BCUT2D eigenvalue weighted by molar-refractivity contribution is 5.84. The van der Waals surface area contributed by atoms with Gasteiger partial charge in [0.05, 0.1) is 6.04 Å². The maximum absolute atomic E-state index is 13.7. The zero-order chi connectivity index (χ0) is 25.8. The molecule has 0 fully saturated rings. The number of unbranched alkanes of at least 4 members (excludes halogenated alkanes) is 1. The van der Waals surface area contributed by atoms with Crippen molar-refractivity contribution in [1.29, 1.82) is 0 Å². The number of amides is 2. The lowest BCUT2D eigenvalue weighted by Gasteiger charge is -2.23. The summed E-state index contributed by atoms with van der Waals surface area (Å²) in [6.07, 6.45) is 0.0730. The normalized spacial score (nSPS) is 13.5. The monoisotopic (exact) mass is 489 g/mol. The van der Waals surface area contributed by atoms with Crippen LogP contribution in [0.3, 0.4) is 0 Å². The Morgan fingerprint density at radius 3 is 2.37 bits per heavy atom. The topological polar surface area (TPSA) is 122 Å². The van der Waals surface area contributed by atoms with Gasteiger partial charge < -0.3 is 21.5 Å². The van der Waals surface area contributed by atoms with Crippen LogP contribution in [0.4, 0.5) is 8.78 Å². The molecule has 5 N–H and O–H groups in total. The van der Waals surface area contributed by atoms with Gasteiger partial charge in [0.2, 0.25) is 11.8 Å². The Hall–Kier alpha value is -3.17. The second-order valence-corrected chi connectivity index (χ2v) is 8.62. The predicted octanol–water partition coefficient (Wildman–Crippen LogP) is 2.19. The fraction of sp³-hybridized carbons (Fsp3) is 0.423. The van der Waals surface area contributed by atoms with Crippen molar-refractivity contribution in [3.63, 3.8) is 0 Å². The molecule has 0 aliphatic heterocycles. The van der Waals surface area contributed by atoms with Crippen LogP contribution in [0, 0.1) is 11.6 Å². The summed E-state index contributed by atoms with van der Waals surface area (Å²) in [6.45, 7) is 1.43. The molecule has 190 valence electrons. The van der Waals surface area contributed by atoms with Crippen LogP contribution in [0.5, 0.6) is 0 Å². The SMILES string of the molecule is CC(=O)NC(Cc1ccccc1)C(O)C(=O)CCCCC(=O)NCC(N)Cc1cc(F)ccc1F. The van der Waals surface area contributed by atoms with E-state index in [0.717, 1.165) is 23.8 Å². The molecule has 9 heteroatoms. The van der Waals surface area contributed by atoms with Gasteiger partial charge in [0, 0.05) is 32.4 Å². The van der Waals surface area contributed by atoms with Crippen molar-refractivity contribution < 1.29 is 28.3 Å². The highest BCUT2D eigenvalue weighted by Gasteiger charge is 2.26. The van der Waals surface area contributed by atoms with E-state index in [9.17, 15) is 28.3 Å². The molecule has 35 heavy (non-hydrogen) atoms. The first kappa shape index (κ1) is 28.1. The van der Waals surface area contributed by atoms with Crippen LogP contribution in [0.25, 0.3) is 0 Å². The quantitative estimate of drug-likeness (QED) is 0.303. The average Bonchev–Trinajstić information content (AvgIpc) is 2.82. The van der Waals surface area contributed by atoms with E-state index in [1.807, 2.05) is 30.3 Å². The zero-order valence-corrected chi connectivity index (χ0v) is 19.8. The molecule has 0 saturated carbocycles. The van der Waals surface area contributed by atoms with Crippen LogP contribution in [0.15, 0.2) is 48.5 Å². The van der Waals surface area contributed by atoms with Crippen LogP contribution in [0.1, 0.15) is 43.7 Å². The van der Waals surface area contributed by atoms with E-state index in [4.69, 9.17) is 5.73 Å². The Balaban J connectivity index is 1.71. The van der Waals surface area contributed by atoms with Crippen LogP contribution in [0.2, 0.25) is 0 Å². The van der Waals surface area contributed by atoms with Crippen molar-refractivity contribution in [1.82, 2.24) is 10.6 Å². The summed E-state index contributed by atoms with van der Waals surface area (Å²) >= 11 is 0. The van der Waals surface area contributed by atoms with Crippen molar-refractivity contribution in [2.24, 2.45) is 5.73 Å². The van der Waals surface area contributed by atoms with Gasteiger partial charge in [-0.1, -0.05) is 30.3 Å². The first-order valence-electron chi connectivity index (χ1n) is 11.6. The molecule has 7 nitrogen and oxygen atoms in total. The molecule has 2 amide bonds. The number of ketones is 1. The van der Waals surface area contributed by atoms with E-state index < -0.39 is 35.6 Å². The maximum Gasteiger partial charge on any atom is 0.220 e. The molecule has 0 aliphatic rings. The summed E-state index contributed by atoms with van der Waals surface area (Å²) < 4.78 is 27.0. The number of Topliss-reactive ketones (excluding diaryl/α,β-unsaturated/α-hetero) is 1. The molecule has 0 saturated heterocycles. The zero-order valence-electron chi connectivity index (χ0n) is 19.8. The third-order valence-electron chi connectivity index (χ3n) is 5.53. The summed E-state index contributed by atoms with van der Waals surface area (Å²) in [5.41, 5.74) is 6.94. The smallest absolute Gasteiger partial charge is 0.220 e. The van der Waals surface area contributed by atoms with Crippen LogP contribution < -0.4 is 16.4 Å². The van der Waals surface area contributed by atoms with E-state index in [1.165, 1.54) is 6.92 Å². The van der Waals surface area contributed by atoms with Crippen molar-refractivity contribution in [2.45, 2.75) is 63.6 Å². The predicted molar refractivity (Wildman–Crippen MR) is 128 cm³/mol. The van der Waals surface area contributed by atoms with Gasteiger partial charge in [0.25, 0.3) is 0 Å². The van der Waals surface area contributed by atoms with E-state index in [2.05, 4.69) is 10.6 Å². The molecular formula is C26H33F2N3O4. The number of nitrogens with two attached hydrogens (primary N) is 1. The lowest BCUT2D eigenvalue weighted by Crippen LogP contribution is -2.47. The number of rotatable bonds is 14. The van der Waals surface area contributed by atoms with Gasteiger partial charge in [-0.25, -0.2) is 8.78 Å². The molecule has 0 spiro atoms. The first-order valence-corrected chi connectivity index (χ1v) is 11.6.